The number of likely N-dealkylation sites (tertiary alicyclic amines) is 1. The van der Waals surface area contributed by atoms with Gasteiger partial charge in [0.2, 0.25) is 0 Å². The minimum Gasteiger partial charge on any atom is -0.444 e. The largest absolute Gasteiger partial charge is 0.444 e. The van der Waals surface area contributed by atoms with Crippen LogP contribution in [-0.2, 0) is 11.8 Å². The summed E-state index contributed by atoms with van der Waals surface area (Å²) in [4.78, 5) is 21.3. The van der Waals surface area contributed by atoms with Gasteiger partial charge in [-0.3, -0.25) is 0 Å². The summed E-state index contributed by atoms with van der Waals surface area (Å²) >= 11 is 9.11. The normalized spacial score (nSPS) is 14.5. The second-order valence-electron chi connectivity index (χ2n) is 6.63. The number of fused-ring (bicyclic) bond motifs is 1. The Hall–Kier alpha value is -1.34. The zero-order chi connectivity index (χ0) is 17.9. The standard InChI is InChI=1S/C9H17NO2.C7H5BrClN3/c1-9(2,3)12-8(11)10-6-4-5-7-10;1-12-3-11-6-4(12)2-10-7(9)5(6)8/h4-7H2,1-3H3;2-3H,1H3. The SMILES string of the molecule is CC(C)(C)OC(=O)N1CCCC1.Cn1cnc2c(Br)c(Cl)ncc21. The fourth-order valence-corrected chi connectivity index (χ4v) is 2.81. The highest BCUT2D eigenvalue weighted by Crippen LogP contribution is 2.27. The summed E-state index contributed by atoms with van der Waals surface area (Å²) in [5.41, 5.74) is 1.45. The number of hydrogen-bond donors (Lipinski definition) is 0. The smallest absolute Gasteiger partial charge is 0.410 e. The number of aryl methyl sites for hydroxylation is 1. The first-order valence-electron chi connectivity index (χ1n) is 7.78. The summed E-state index contributed by atoms with van der Waals surface area (Å²) < 4.78 is 7.85. The van der Waals surface area contributed by atoms with E-state index in [1.807, 2.05) is 32.4 Å². The first-order valence-corrected chi connectivity index (χ1v) is 8.95. The van der Waals surface area contributed by atoms with Crippen LogP contribution in [0.1, 0.15) is 33.6 Å². The van der Waals surface area contributed by atoms with Crippen LogP contribution in [0.5, 0.6) is 0 Å². The van der Waals surface area contributed by atoms with Gasteiger partial charge in [0.05, 0.1) is 22.5 Å². The predicted octanol–water partition coefficient (Wildman–Crippen LogP) is 4.40. The van der Waals surface area contributed by atoms with Crippen LogP contribution in [0.15, 0.2) is 17.0 Å². The Labute approximate surface area is 155 Å². The van der Waals surface area contributed by atoms with Gasteiger partial charge in [-0.05, 0) is 49.5 Å². The third kappa shape index (κ3) is 4.83. The molecular formula is C16H22BrClN4O2. The molecule has 0 radical (unpaired) electrons. The second kappa shape index (κ2) is 7.70. The summed E-state index contributed by atoms with van der Waals surface area (Å²) in [6.07, 6.45) is 5.49. The molecular weight excluding hydrogens is 396 g/mol. The lowest BCUT2D eigenvalue weighted by molar-refractivity contribution is 0.0295. The molecule has 6 nitrogen and oxygen atoms in total. The lowest BCUT2D eigenvalue weighted by atomic mass is 10.2. The average molecular weight is 418 g/mol. The van der Waals surface area contributed by atoms with Crippen molar-refractivity contribution in [3.05, 3.63) is 22.1 Å². The third-order valence-electron chi connectivity index (χ3n) is 3.43. The van der Waals surface area contributed by atoms with Gasteiger partial charge < -0.3 is 14.2 Å². The Balaban J connectivity index is 0.000000174. The number of amides is 1. The van der Waals surface area contributed by atoms with Crippen LogP contribution in [0.4, 0.5) is 4.79 Å². The molecule has 1 saturated heterocycles. The van der Waals surface area contributed by atoms with Crippen molar-refractivity contribution in [1.82, 2.24) is 19.4 Å². The molecule has 0 atom stereocenters. The molecule has 0 bridgehead atoms. The average Bonchev–Trinajstić information content (AvgIpc) is 3.12. The van der Waals surface area contributed by atoms with Gasteiger partial charge >= 0.3 is 6.09 Å². The molecule has 1 aliphatic heterocycles. The van der Waals surface area contributed by atoms with Crippen molar-refractivity contribution in [2.24, 2.45) is 7.05 Å². The van der Waals surface area contributed by atoms with Crippen molar-refractivity contribution in [2.45, 2.75) is 39.2 Å². The molecule has 2 aromatic rings. The van der Waals surface area contributed by atoms with Crippen LogP contribution in [0.2, 0.25) is 5.15 Å². The molecule has 1 fully saturated rings. The van der Waals surface area contributed by atoms with Crippen LogP contribution in [-0.4, -0.2) is 44.2 Å². The molecule has 2 aromatic heterocycles. The molecule has 0 aliphatic carbocycles. The highest BCUT2D eigenvalue weighted by Gasteiger charge is 2.23. The molecule has 0 unspecified atom stereocenters. The molecule has 0 N–H and O–H groups in total. The van der Waals surface area contributed by atoms with Crippen LogP contribution in [0.25, 0.3) is 11.0 Å². The molecule has 132 valence electrons. The fraction of sp³-hybridized carbons (Fsp3) is 0.562. The molecule has 24 heavy (non-hydrogen) atoms. The number of imidazole rings is 1. The fourth-order valence-electron chi connectivity index (χ4n) is 2.26. The maximum absolute atomic E-state index is 11.4. The Morgan fingerprint density at radius 1 is 1.29 bits per heavy atom. The molecule has 8 heteroatoms. The highest BCUT2D eigenvalue weighted by molar-refractivity contribution is 9.10. The van der Waals surface area contributed by atoms with Crippen molar-refractivity contribution in [1.29, 1.82) is 0 Å². The number of carbonyl (C=O) groups excluding carboxylic acids is 1. The number of nitrogens with zero attached hydrogens (tertiary/aromatic N) is 4. The number of rotatable bonds is 0. The van der Waals surface area contributed by atoms with Crippen molar-refractivity contribution >= 4 is 44.7 Å². The Morgan fingerprint density at radius 2 is 1.92 bits per heavy atom. The number of ether oxygens (including phenoxy) is 1. The number of hydrogen-bond acceptors (Lipinski definition) is 4. The van der Waals surface area contributed by atoms with E-state index in [-0.39, 0.29) is 11.7 Å². The van der Waals surface area contributed by atoms with Gasteiger partial charge in [-0.25, -0.2) is 14.8 Å². The van der Waals surface area contributed by atoms with Crippen molar-refractivity contribution in [3.8, 4) is 0 Å². The van der Waals surface area contributed by atoms with Gasteiger partial charge in [0.15, 0.2) is 0 Å². The topological polar surface area (TPSA) is 60.2 Å². The monoisotopic (exact) mass is 416 g/mol. The zero-order valence-electron chi connectivity index (χ0n) is 14.3. The van der Waals surface area contributed by atoms with E-state index in [0.717, 1.165) is 41.4 Å². The Bertz CT molecular complexity index is 721. The van der Waals surface area contributed by atoms with Gasteiger partial charge in [-0.1, -0.05) is 11.6 Å². The summed E-state index contributed by atoms with van der Waals surface area (Å²) in [7, 11) is 1.91. The van der Waals surface area contributed by atoms with E-state index in [4.69, 9.17) is 16.3 Å². The molecule has 1 amide bonds. The second-order valence-corrected chi connectivity index (χ2v) is 7.78. The minimum atomic E-state index is -0.361. The van der Waals surface area contributed by atoms with E-state index in [1.165, 1.54) is 0 Å². The quantitative estimate of drug-likeness (QED) is 0.596. The maximum Gasteiger partial charge on any atom is 0.410 e. The molecule has 1 aliphatic rings. The minimum absolute atomic E-state index is 0.167. The van der Waals surface area contributed by atoms with Crippen LogP contribution >= 0.6 is 27.5 Å². The van der Waals surface area contributed by atoms with E-state index in [2.05, 4.69) is 25.9 Å². The van der Waals surface area contributed by atoms with Gasteiger partial charge in [0.25, 0.3) is 0 Å². The van der Waals surface area contributed by atoms with Crippen molar-refractivity contribution in [3.63, 3.8) is 0 Å². The third-order valence-corrected chi connectivity index (χ3v) is 4.70. The van der Waals surface area contributed by atoms with Gasteiger partial charge in [0.1, 0.15) is 16.3 Å². The summed E-state index contributed by atoms with van der Waals surface area (Å²) in [5.74, 6) is 0. The van der Waals surface area contributed by atoms with E-state index in [0.29, 0.717) is 5.15 Å². The first kappa shape index (κ1) is 19.0. The summed E-state index contributed by atoms with van der Waals surface area (Å²) in [6.45, 7) is 7.38. The van der Waals surface area contributed by atoms with Crippen LogP contribution in [0, 0.1) is 0 Å². The molecule has 0 saturated carbocycles. The lowest BCUT2D eigenvalue weighted by Gasteiger charge is -2.23. The lowest BCUT2D eigenvalue weighted by Crippen LogP contribution is -2.34. The Morgan fingerprint density at radius 3 is 2.50 bits per heavy atom. The number of halogens is 2. The van der Waals surface area contributed by atoms with Gasteiger partial charge in [-0.2, -0.15) is 0 Å². The molecule has 0 spiro atoms. The predicted molar refractivity (Wildman–Crippen MR) is 98.3 cm³/mol. The zero-order valence-corrected chi connectivity index (χ0v) is 16.7. The van der Waals surface area contributed by atoms with Gasteiger partial charge in [0, 0.05) is 20.1 Å². The molecule has 3 heterocycles. The number of aromatic nitrogens is 3. The van der Waals surface area contributed by atoms with E-state index < -0.39 is 0 Å². The number of carbonyl (C=O) groups is 1. The number of pyridine rings is 1. The maximum atomic E-state index is 11.4. The van der Waals surface area contributed by atoms with Gasteiger partial charge in [-0.15, -0.1) is 0 Å². The molecule has 0 aromatic carbocycles. The summed E-state index contributed by atoms with van der Waals surface area (Å²) in [5, 5.41) is 0.446. The Kier molecular flexibility index (Phi) is 6.09. The summed E-state index contributed by atoms with van der Waals surface area (Å²) in [6, 6.07) is 0. The highest BCUT2D eigenvalue weighted by atomic mass is 79.9. The van der Waals surface area contributed by atoms with E-state index in [9.17, 15) is 4.79 Å². The van der Waals surface area contributed by atoms with Crippen molar-refractivity contribution < 1.29 is 9.53 Å². The van der Waals surface area contributed by atoms with Crippen molar-refractivity contribution in [2.75, 3.05) is 13.1 Å². The molecule has 3 rings (SSSR count). The van der Waals surface area contributed by atoms with Crippen LogP contribution < -0.4 is 0 Å². The van der Waals surface area contributed by atoms with E-state index >= 15 is 0 Å². The van der Waals surface area contributed by atoms with E-state index in [1.54, 1.807) is 17.4 Å². The van der Waals surface area contributed by atoms with Crippen LogP contribution in [0.3, 0.4) is 0 Å². The first-order chi connectivity index (χ1) is 11.2.